The lowest BCUT2D eigenvalue weighted by Crippen LogP contribution is -2.12. The zero-order valence-electron chi connectivity index (χ0n) is 8.85. The molecule has 1 aromatic carbocycles. The standard InChI is InChI=1S/C8H7F3N2O4S/c1-18(16,17)12-6-2-5(8(9,10)11)3-7(4-6)13(14)15/h2-4,12H,1H3. The first-order chi connectivity index (χ1) is 7.99. The summed E-state index contributed by atoms with van der Waals surface area (Å²) >= 11 is 0. The number of nitro groups is 1. The minimum absolute atomic E-state index is 0.327. The molecule has 0 radical (unpaired) electrons. The van der Waals surface area contributed by atoms with Crippen LogP contribution in [-0.4, -0.2) is 19.6 Å². The van der Waals surface area contributed by atoms with Crippen LogP contribution in [0.3, 0.4) is 0 Å². The van der Waals surface area contributed by atoms with Gasteiger partial charge >= 0.3 is 6.18 Å². The van der Waals surface area contributed by atoms with Crippen molar-refractivity contribution in [2.45, 2.75) is 6.18 Å². The van der Waals surface area contributed by atoms with Gasteiger partial charge in [-0.15, -0.1) is 0 Å². The zero-order chi connectivity index (χ0) is 14.1. The average Bonchev–Trinajstić information content (AvgIpc) is 2.12. The average molecular weight is 284 g/mol. The van der Waals surface area contributed by atoms with E-state index in [4.69, 9.17) is 0 Å². The van der Waals surface area contributed by atoms with Crippen LogP contribution in [0.15, 0.2) is 18.2 Å². The summed E-state index contributed by atoms with van der Waals surface area (Å²) in [6.07, 6.45) is -4.08. The Kier molecular flexibility index (Phi) is 3.51. The van der Waals surface area contributed by atoms with E-state index in [1.54, 1.807) is 4.72 Å². The number of rotatable bonds is 3. The third-order valence-electron chi connectivity index (χ3n) is 1.76. The van der Waals surface area contributed by atoms with E-state index in [0.29, 0.717) is 18.2 Å². The third kappa shape index (κ3) is 3.87. The number of hydrogen-bond donors (Lipinski definition) is 1. The topological polar surface area (TPSA) is 89.3 Å². The molecule has 0 aliphatic rings. The second-order valence-electron chi connectivity index (χ2n) is 3.40. The van der Waals surface area contributed by atoms with Crippen molar-refractivity contribution in [2.24, 2.45) is 0 Å². The fourth-order valence-corrected chi connectivity index (χ4v) is 1.70. The first-order valence-electron chi connectivity index (χ1n) is 4.33. The van der Waals surface area contributed by atoms with Crippen molar-refractivity contribution in [3.8, 4) is 0 Å². The summed E-state index contributed by atoms with van der Waals surface area (Å²) in [7, 11) is -3.82. The number of nitrogens with zero attached hydrogens (tertiary/aromatic N) is 1. The highest BCUT2D eigenvalue weighted by Crippen LogP contribution is 2.34. The predicted molar refractivity (Wildman–Crippen MR) is 56.6 cm³/mol. The van der Waals surface area contributed by atoms with Gasteiger partial charge in [-0.1, -0.05) is 0 Å². The molecule has 0 bridgehead atoms. The van der Waals surface area contributed by atoms with Gasteiger partial charge < -0.3 is 0 Å². The largest absolute Gasteiger partial charge is 0.416 e. The molecule has 0 aliphatic carbocycles. The first-order valence-corrected chi connectivity index (χ1v) is 6.22. The van der Waals surface area contributed by atoms with Crippen molar-refractivity contribution in [3.05, 3.63) is 33.9 Å². The van der Waals surface area contributed by atoms with Gasteiger partial charge in [-0.2, -0.15) is 13.2 Å². The molecule has 6 nitrogen and oxygen atoms in total. The summed E-state index contributed by atoms with van der Waals surface area (Å²) < 4.78 is 60.9. The third-order valence-corrected chi connectivity index (χ3v) is 2.37. The summed E-state index contributed by atoms with van der Waals surface area (Å²) in [4.78, 5) is 9.42. The van der Waals surface area contributed by atoms with Crippen molar-refractivity contribution in [1.82, 2.24) is 0 Å². The van der Waals surface area contributed by atoms with Gasteiger partial charge in [0, 0.05) is 12.1 Å². The monoisotopic (exact) mass is 284 g/mol. The van der Waals surface area contributed by atoms with Crippen LogP contribution in [-0.2, 0) is 16.2 Å². The predicted octanol–water partition coefficient (Wildman–Crippen LogP) is 1.99. The summed E-state index contributed by atoms with van der Waals surface area (Å²) in [6, 6.07) is 1.51. The number of nitro benzene ring substituents is 1. The lowest BCUT2D eigenvalue weighted by Gasteiger charge is -2.09. The summed E-state index contributed by atoms with van der Waals surface area (Å²) in [5, 5.41) is 10.5. The van der Waals surface area contributed by atoms with Crippen LogP contribution in [0.4, 0.5) is 24.5 Å². The molecule has 0 aromatic heterocycles. The summed E-state index contributed by atoms with van der Waals surface area (Å²) in [5.41, 5.74) is -2.67. The van der Waals surface area contributed by atoms with E-state index < -0.39 is 38.1 Å². The minimum Gasteiger partial charge on any atom is -0.284 e. The van der Waals surface area contributed by atoms with E-state index in [2.05, 4.69) is 0 Å². The molecule has 10 heteroatoms. The number of nitrogens with one attached hydrogen (secondary N) is 1. The Morgan fingerprint density at radius 2 is 1.83 bits per heavy atom. The van der Waals surface area contributed by atoms with E-state index in [1.165, 1.54) is 0 Å². The van der Waals surface area contributed by atoms with Crippen LogP contribution in [0.1, 0.15) is 5.56 Å². The fourth-order valence-electron chi connectivity index (χ4n) is 1.15. The van der Waals surface area contributed by atoms with Crippen molar-refractivity contribution >= 4 is 21.4 Å². The molecule has 1 rings (SSSR count). The van der Waals surface area contributed by atoms with Crippen LogP contribution in [0.2, 0.25) is 0 Å². The lowest BCUT2D eigenvalue weighted by molar-refractivity contribution is -0.385. The number of non-ortho nitro benzene ring substituents is 1. The molecular weight excluding hydrogens is 277 g/mol. The van der Waals surface area contributed by atoms with Gasteiger partial charge in [0.1, 0.15) is 0 Å². The SMILES string of the molecule is CS(=O)(=O)Nc1cc([N+](=O)[O-])cc(C(F)(F)F)c1. The number of anilines is 1. The van der Waals surface area contributed by atoms with Crippen molar-refractivity contribution in [2.75, 3.05) is 11.0 Å². The Bertz CT molecular complexity index is 582. The Balaban J connectivity index is 3.36. The van der Waals surface area contributed by atoms with E-state index in [0.717, 1.165) is 6.26 Å². The van der Waals surface area contributed by atoms with Gasteiger partial charge in [0.15, 0.2) is 0 Å². The molecule has 100 valence electrons. The van der Waals surface area contributed by atoms with E-state index in [-0.39, 0.29) is 0 Å². The molecule has 1 aromatic rings. The molecule has 0 saturated carbocycles. The molecule has 0 unspecified atom stereocenters. The van der Waals surface area contributed by atoms with Crippen LogP contribution in [0, 0.1) is 10.1 Å². The zero-order valence-corrected chi connectivity index (χ0v) is 9.67. The molecule has 0 spiro atoms. The summed E-state index contributed by atoms with van der Waals surface area (Å²) in [5.74, 6) is 0. The Hall–Kier alpha value is -1.84. The number of sulfonamides is 1. The van der Waals surface area contributed by atoms with Gasteiger partial charge in [-0.3, -0.25) is 14.8 Å². The quantitative estimate of drug-likeness (QED) is 0.679. The van der Waals surface area contributed by atoms with E-state index >= 15 is 0 Å². The lowest BCUT2D eigenvalue weighted by atomic mass is 10.1. The highest BCUT2D eigenvalue weighted by atomic mass is 32.2. The molecule has 0 fully saturated rings. The molecule has 0 aliphatic heterocycles. The maximum absolute atomic E-state index is 12.4. The van der Waals surface area contributed by atoms with Gasteiger partial charge in [-0.05, 0) is 6.07 Å². The Morgan fingerprint density at radius 1 is 1.28 bits per heavy atom. The van der Waals surface area contributed by atoms with Crippen LogP contribution >= 0.6 is 0 Å². The van der Waals surface area contributed by atoms with Crippen molar-refractivity contribution < 1.29 is 26.5 Å². The number of halogens is 3. The van der Waals surface area contributed by atoms with Crippen LogP contribution in [0.25, 0.3) is 0 Å². The molecule has 0 amide bonds. The van der Waals surface area contributed by atoms with Gasteiger partial charge in [0.25, 0.3) is 5.69 Å². The smallest absolute Gasteiger partial charge is 0.284 e. The Morgan fingerprint density at radius 3 is 2.22 bits per heavy atom. The van der Waals surface area contributed by atoms with E-state index in [1.807, 2.05) is 0 Å². The number of alkyl halides is 3. The van der Waals surface area contributed by atoms with E-state index in [9.17, 15) is 31.7 Å². The second-order valence-corrected chi connectivity index (χ2v) is 5.15. The van der Waals surface area contributed by atoms with Crippen molar-refractivity contribution in [3.63, 3.8) is 0 Å². The minimum atomic E-state index is -4.81. The molecule has 0 saturated heterocycles. The van der Waals surface area contributed by atoms with Gasteiger partial charge in [0.05, 0.1) is 22.4 Å². The molecule has 18 heavy (non-hydrogen) atoms. The highest BCUT2D eigenvalue weighted by molar-refractivity contribution is 7.92. The van der Waals surface area contributed by atoms with Crippen LogP contribution < -0.4 is 4.72 Å². The first kappa shape index (κ1) is 14.2. The fraction of sp³-hybridized carbons (Fsp3) is 0.250. The maximum atomic E-state index is 12.4. The summed E-state index contributed by atoms with van der Waals surface area (Å²) in [6.45, 7) is 0. The number of benzene rings is 1. The molecular formula is C8H7F3N2O4S. The molecule has 1 N–H and O–H groups in total. The normalized spacial score (nSPS) is 12.2. The van der Waals surface area contributed by atoms with Gasteiger partial charge in [-0.25, -0.2) is 8.42 Å². The molecule has 0 heterocycles. The molecule has 0 atom stereocenters. The van der Waals surface area contributed by atoms with Gasteiger partial charge in [0.2, 0.25) is 10.0 Å². The Labute approximate surface area is 99.6 Å². The second kappa shape index (κ2) is 4.44. The van der Waals surface area contributed by atoms with Crippen molar-refractivity contribution in [1.29, 1.82) is 0 Å². The highest BCUT2D eigenvalue weighted by Gasteiger charge is 2.33. The number of hydrogen-bond acceptors (Lipinski definition) is 4. The maximum Gasteiger partial charge on any atom is 0.416 e. The van der Waals surface area contributed by atoms with Crippen LogP contribution in [0.5, 0.6) is 0 Å².